The molecule has 2 aliphatic rings. The van der Waals surface area contributed by atoms with Crippen molar-refractivity contribution in [2.45, 2.75) is 57.6 Å². The molecule has 1 saturated carbocycles. The quantitative estimate of drug-likeness (QED) is 0.907. The first kappa shape index (κ1) is 14.6. The van der Waals surface area contributed by atoms with Gasteiger partial charge in [0.15, 0.2) is 0 Å². The van der Waals surface area contributed by atoms with Crippen LogP contribution in [0.25, 0.3) is 0 Å². The van der Waals surface area contributed by atoms with E-state index in [4.69, 9.17) is 0 Å². The molecule has 0 bridgehead atoms. The highest BCUT2D eigenvalue weighted by Gasteiger charge is 2.37. The third kappa shape index (κ3) is 2.98. The highest BCUT2D eigenvalue weighted by atomic mass is 16.3. The van der Waals surface area contributed by atoms with Gasteiger partial charge in [-0.3, -0.25) is 4.79 Å². The maximum atomic E-state index is 12.8. The van der Waals surface area contributed by atoms with Crippen LogP contribution in [0.5, 0.6) is 0 Å². The predicted octanol–water partition coefficient (Wildman–Crippen LogP) is 3.21. The number of aryl methyl sites for hydroxylation is 1. The first-order valence-electron chi connectivity index (χ1n) is 8.22. The highest BCUT2D eigenvalue weighted by molar-refractivity contribution is 5.80. The van der Waals surface area contributed by atoms with Gasteiger partial charge in [0.25, 0.3) is 0 Å². The van der Waals surface area contributed by atoms with Crippen molar-refractivity contribution in [3.63, 3.8) is 0 Å². The van der Waals surface area contributed by atoms with Crippen LogP contribution < -0.4 is 0 Å². The van der Waals surface area contributed by atoms with Crippen LogP contribution in [0.4, 0.5) is 0 Å². The van der Waals surface area contributed by atoms with E-state index in [1.165, 1.54) is 17.5 Å². The fourth-order valence-corrected chi connectivity index (χ4v) is 3.77. The van der Waals surface area contributed by atoms with E-state index in [0.29, 0.717) is 0 Å². The Kier molecular flexibility index (Phi) is 4.29. The Balaban J connectivity index is 1.81. The van der Waals surface area contributed by atoms with Crippen molar-refractivity contribution in [2.75, 3.05) is 6.54 Å². The number of hydrogen-bond acceptors (Lipinski definition) is 2. The number of carbonyl (C=O) groups is 1. The van der Waals surface area contributed by atoms with E-state index in [9.17, 15) is 9.90 Å². The van der Waals surface area contributed by atoms with Crippen molar-refractivity contribution >= 4 is 5.91 Å². The van der Waals surface area contributed by atoms with Crippen LogP contribution in [0.2, 0.25) is 0 Å². The zero-order valence-corrected chi connectivity index (χ0v) is 12.8. The molecule has 1 saturated heterocycles. The molecule has 3 unspecified atom stereocenters. The average molecular weight is 287 g/mol. The summed E-state index contributed by atoms with van der Waals surface area (Å²) in [5, 5.41) is 10.0. The van der Waals surface area contributed by atoms with Crippen LogP contribution >= 0.6 is 0 Å². The van der Waals surface area contributed by atoms with Crippen molar-refractivity contribution in [3.8, 4) is 0 Å². The van der Waals surface area contributed by atoms with E-state index >= 15 is 0 Å². The summed E-state index contributed by atoms with van der Waals surface area (Å²) < 4.78 is 0. The first-order valence-corrected chi connectivity index (χ1v) is 8.22. The highest BCUT2D eigenvalue weighted by Crippen LogP contribution is 2.35. The fraction of sp³-hybridized carbons (Fsp3) is 0.611. The molecular formula is C18H25NO2. The molecule has 1 aliphatic carbocycles. The van der Waals surface area contributed by atoms with Crippen molar-refractivity contribution in [1.29, 1.82) is 0 Å². The van der Waals surface area contributed by atoms with Gasteiger partial charge in [0.2, 0.25) is 5.91 Å². The van der Waals surface area contributed by atoms with Crippen molar-refractivity contribution in [2.24, 2.45) is 5.92 Å². The Morgan fingerprint density at radius 1 is 1.10 bits per heavy atom. The molecule has 1 amide bonds. The second kappa shape index (κ2) is 6.18. The van der Waals surface area contributed by atoms with Gasteiger partial charge in [-0.05, 0) is 51.0 Å². The normalized spacial score (nSPS) is 29.6. The van der Waals surface area contributed by atoms with Crippen molar-refractivity contribution in [1.82, 2.24) is 4.90 Å². The number of aliphatic hydroxyl groups is 1. The predicted molar refractivity (Wildman–Crippen MR) is 82.8 cm³/mol. The van der Waals surface area contributed by atoms with Gasteiger partial charge < -0.3 is 10.0 Å². The van der Waals surface area contributed by atoms with Gasteiger partial charge in [-0.25, -0.2) is 0 Å². The Hall–Kier alpha value is -1.35. The van der Waals surface area contributed by atoms with Gasteiger partial charge >= 0.3 is 0 Å². The first-order chi connectivity index (χ1) is 10.2. The smallest absolute Gasteiger partial charge is 0.228 e. The summed E-state index contributed by atoms with van der Waals surface area (Å²) in [4.78, 5) is 14.9. The Labute approximate surface area is 127 Å². The number of likely N-dealkylation sites (tertiary alicyclic amines) is 1. The number of amides is 1. The van der Waals surface area contributed by atoms with Gasteiger partial charge in [0, 0.05) is 6.54 Å². The molecule has 1 N–H and O–H groups in total. The molecule has 3 atom stereocenters. The van der Waals surface area contributed by atoms with Crippen LogP contribution in [0, 0.1) is 12.8 Å². The molecule has 3 rings (SSSR count). The SMILES string of the molecule is Cc1ccc(C2CCCCN2C(=O)C2CCCC2O)cc1. The third-order valence-electron chi connectivity index (χ3n) is 5.04. The molecule has 0 spiro atoms. The largest absolute Gasteiger partial charge is 0.392 e. The van der Waals surface area contributed by atoms with Crippen LogP contribution in [0.15, 0.2) is 24.3 Å². The van der Waals surface area contributed by atoms with Crippen molar-refractivity contribution < 1.29 is 9.90 Å². The number of hydrogen-bond donors (Lipinski definition) is 1. The number of piperidine rings is 1. The molecule has 0 aromatic heterocycles. The van der Waals surface area contributed by atoms with E-state index in [2.05, 4.69) is 31.2 Å². The minimum Gasteiger partial charge on any atom is -0.392 e. The standard InChI is InChI=1S/C18H25NO2/c1-13-8-10-14(11-9-13)16-6-2-3-12-19(16)18(21)15-5-4-7-17(15)20/h8-11,15-17,20H,2-7,12H2,1H3. The van der Waals surface area contributed by atoms with Crippen molar-refractivity contribution in [3.05, 3.63) is 35.4 Å². The molecule has 1 aliphatic heterocycles. The summed E-state index contributed by atoms with van der Waals surface area (Å²) in [6.45, 7) is 2.92. The third-order valence-corrected chi connectivity index (χ3v) is 5.04. The maximum Gasteiger partial charge on any atom is 0.228 e. The average Bonchev–Trinajstić information content (AvgIpc) is 2.93. The maximum absolute atomic E-state index is 12.8. The lowest BCUT2D eigenvalue weighted by Crippen LogP contribution is -2.43. The second-order valence-corrected chi connectivity index (χ2v) is 6.56. The monoisotopic (exact) mass is 287 g/mol. The summed E-state index contributed by atoms with van der Waals surface area (Å²) in [5.74, 6) is 0.00123. The summed E-state index contributed by atoms with van der Waals surface area (Å²) in [6, 6.07) is 8.74. The summed E-state index contributed by atoms with van der Waals surface area (Å²) in [5.41, 5.74) is 2.49. The zero-order chi connectivity index (χ0) is 14.8. The molecule has 1 aromatic carbocycles. The molecule has 1 heterocycles. The Morgan fingerprint density at radius 2 is 1.86 bits per heavy atom. The topological polar surface area (TPSA) is 40.5 Å². The molecule has 3 heteroatoms. The minimum atomic E-state index is -0.432. The number of rotatable bonds is 2. The molecule has 1 aromatic rings. The summed E-state index contributed by atoms with van der Waals surface area (Å²) in [6.07, 6.45) is 5.46. The van der Waals surface area contributed by atoms with E-state index < -0.39 is 6.10 Å². The van der Waals surface area contributed by atoms with Gasteiger partial charge in [-0.2, -0.15) is 0 Å². The molecular weight excluding hydrogens is 262 g/mol. The lowest BCUT2D eigenvalue weighted by atomic mass is 9.92. The fourth-order valence-electron chi connectivity index (χ4n) is 3.77. The van der Waals surface area contributed by atoms with Crippen LogP contribution in [0.1, 0.15) is 55.7 Å². The lowest BCUT2D eigenvalue weighted by Gasteiger charge is -2.38. The van der Waals surface area contributed by atoms with Crippen LogP contribution in [-0.2, 0) is 4.79 Å². The van der Waals surface area contributed by atoms with E-state index in [-0.39, 0.29) is 17.9 Å². The van der Waals surface area contributed by atoms with Gasteiger partial charge in [0.05, 0.1) is 18.1 Å². The lowest BCUT2D eigenvalue weighted by molar-refractivity contribution is -0.142. The van der Waals surface area contributed by atoms with E-state index in [1.807, 2.05) is 4.90 Å². The number of nitrogens with zero attached hydrogens (tertiary/aromatic N) is 1. The van der Waals surface area contributed by atoms with Gasteiger partial charge in [-0.1, -0.05) is 29.8 Å². The number of aliphatic hydroxyl groups excluding tert-OH is 1. The van der Waals surface area contributed by atoms with Gasteiger partial charge in [-0.15, -0.1) is 0 Å². The van der Waals surface area contributed by atoms with Crippen LogP contribution in [-0.4, -0.2) is 28.6 Å². The molecule has 2 fully saturated rings. The number of carbonyl (C=O) groups excluding carboxylic acids is 1. The molecule has 0 radical (unpaired) electrons. The van der Waals surface area contributed by atoms with E-state index in [1.54, 1.807) is 0 Å². The molecule has 21 heavy (non-hydrogen) atoms. The van der Waals surface area contributed by atoms with Gasteiger partial charge in [0.1, 0.15) is 0 Å². The number of benzene rings is 1. The zero-order valence-electron chi connectivity index (χ0n) is 12.8. The molecule has 3 nitrogen and oxygen atoms in total. The molecule has 114 valence electrons. The Bertz CT molecular complexity index is 496. The van der Waals surface area contributed by atoms with E-state index in [0.717, 1.165) is 38.6 Å². The minimum absolute atomic E-state index is 0.170. The Morgan fingerprint density at radius 3 is 2.52 bits per heavy atom. The van der Waals surface area contributed by atoms with Crippen LogP contribution in [0.3, 0.4) is 0 Å². The second-order valence-electron chi connectivity index (χ2n) is 6.56. The summed E-state index contributed by atoms with van der Waals surface area (Å²) in [7, 11) is 0. The summed E-state index contributed by atoms with van der Waals surface area (Å²) >= 11 is 0.